The molecule has 1 aromatic carbocycles. The lowest BCUT2D eigenvalue weighted by molar-refractivity contribution is 0.600. The van der Waals surface area contributed by atoms with Crippen LogP contribution in [0, 0.1) is 13.8 Å². The molecular formula is C13H14ClN3O2S. The summed E-state index contributed by atoms with van der Waals surface area (Å²) in [6, 6.07) is 6.14. The first-order valence-corrected chi connectivity index (χ1v) is 7.67. The van der Waals surface area contributed by atoms with Gasteiger partial charge in [0.25, 0.3) is 10.0 Å². The third kappa shape index (κ3) is 3.02. The number of nitrogens with one attached hydrogen (secondary N) is 1. The van der Waals surface area contributed by atoms with Gasteiger partial charge in [0.1, 0.15) is 5.15 Å². The smallest absolute Gasteiger partial charge is 0.262 e. The lowest BCUT2D eigenvalue weighted by Gasteiger charge is -2.13. The summed E-state index contributed by atoms with van der Waals surface area (Å²) < 4.78 is 27.3. The summed E-state index contributed by atoms with van der Waals surface area (Å²) in [5.41, 5.74) is 7.95. The second kappa shape index (κ2) is 5.30. The number of hydrogen-bond donors (Lipinski definition) is 2. The molecule has 0 aliphatic heterocycles. The van der Waals surface area contributed by atoms with E-state index >= 15 is 0 Å². The number of hydrogen-bond acceptors (Lipinski definition) is 4. The van der Waals surface area contributed by atoms with E-state index in [0.29, 0.717) is 16.9 Å². The molecule has 2 aromatic rings. The molecule has 0 aliphatic rings. The second-order valence-corrected chi connectivity index (χ2v) is 6.47. The fraction of sp³-hybridized carbons (Fsp3) is 0.154. The molecule has 0 fully saturated rings. The van der Waals surface area contributed by atoms with Crippen molar-refractivity contribution in [2.45, 2.75) is 18.7 Å². The van der Waals surface area contributed by atoms with Crippen LogP contribution < -0.4 is 10.5 Å². The first-order chi connectivity index (χ1) is 9.29. The van der Waals surface area contributed by atoms with E-state index < -0.39 is 10.0 Å². The summed E-state index contributed by atoms with van der Waals surface area (Å²) in [6.07, 6.45) is 1.43. The molecular weight excluding hydrogens is 298 g/mol. The van der Waals surface area contributed by atoms with Gasteiger partial charge in [0.05, 0.1) is 10.6 Å². The van der Waals surface area contributed by atoms with Crippen molar-refractivity contribution in [1.82, 2.24) is 4.98 Å². The lowest BCUT2D eigenvalue weighted by atomic mass is 10.1. The van der Waals surface area contributed by atoms with E-state index in [1.165, 1.54) is 24.4 Å². The molecule has 0 spiro atoms. The van der Waals surface area contributed by atoms with Gasteiger partial charge in [-0.1, -0.05) is 11.6 Å². The first-order valence-electron chi connectivity index (χ1n) is 5.81. The molecule has 106 valence electrons. The molecule has 2 rings (SSSR count). The van der Waals surface area contributed by atoms with Crippen molar-refractivity contribution in [2.75, 3.05) is 10.5 Å². The van der Waals surface area contributed by atoms with Crippen molar-refractivity contribution in [2.24, 2.45) is 0 Å². The van der Waals surface area contributed by atoms with Gasteiger partial charge in [-0.3, -0.25) is 4.72 Å². The van der Waals surface area contributed by atoms with Gasteiger partial charge in [-0.2, -0.15) is 0 Å². The molecule has 1 aromatic heterocycles. The summed E-state index contributed by atoms with van der Waals surface area (Å²) in [7, 11) is -3.72. The van der Waals surface area contributed by atoms with E-state index in [-0.39, 0.29) is 10.0 Å². The average Bonchev–Trinajstić information content (AvgIpc) is 2.33. The largest absolute Gasteiger partial charge is 0.399 e. The van der Waals surface area contributed by atoms with Crippen LogP contribution in [0.4, 0.5) is 11.4 Å². The Kier molecular flexibility index (Phi) is 3.87. The Hall–Kier alpha value is -1.79. The number of halogens is 1. The van der Waals surface area contributed by atoms with Gasteiger partial charge in [-0.25, -0.2) is 13.4 Å². The predicted octanol–water partition coefficient (Wildman–Crippen LogP) is 2.73. The maximum Gasteiger partial charge on any atom is 0.262 e. The maximum atomic E-state index is 12.4. The lowest BCUT2D eigenvalue weighted by Crippen LogP contribution is -2.15. The van der Waals surface area contributed by atoms with E-state index in [9.17, 15) is 8.42 Å². The van der Waals surface area contributed by atoms with Gasteiger partial charge in [0.2, 0.25) is 0 Å². The van der Waals surface area contributed by atoms with Crippen LogP contribution in [0.15, 0.2) is 35.4 Å². The molecule has 1 heterocycles. The van der Waals surface area contributed by atoms with Crippen LogP contribution in [0.1, 0.15) is 11.1 Å². The minimum Gasteiger partial charge on any atom is -0.399 e. The number of aromatic nitrogens is 1. The van der Waals surface area contributed by atoms with Crippen molar-refractivity contribution in [3.05, 3.63) is 46.7 Å². The normalized spacial score (nSPS) is 11.3. The van der Waals surface area contributed by atoms with Crippen molar-refractivity contribution in [1.29, 1.82) is 0 Å². The van der Waals surface area contributed by atoms with Gasteiger partial charge in [-0.05, 0) is 49.2 Å². The Morgan fingerprint density at radius 3 is 2.60 bits per heavy atom. The number of benzene rings is 1. The minimum absolute atomic E-state index is 0.155. The first kappa shape index (κ1) is 14.6. The number of anilines is 2. The zero-order chi connectivity index (χ0) is 14.9. The van der Waals surface area contributed by atoms with Crippen LogP contribution in [0.5, 0.6) is 0 Å². The third-order valence-corrected chi connectivity index (χ3v) is 4.62. The van der Waals surface area contributed by atoms with Gasteiger partial charge >= 0.3 is 0 Å². The van der Waals surface area contributed by atoms with Crippen LogP contribution in [0.25, 0.3) is 0 Å². The quantitative estimate of drug-likeness (QED) is 0.674. The van der Waals surface area contributed by atoms with Crippen LogP contribution in [0.2, 0.25) is 5.15 Å². The summed E-state index contributed by atoms with van der Waals surface area (Å²) >= 11 is 5.74. The number of nitrogens with two attached hydrogens (primary N) is 1. The zero-order valence-electron chi connectivity index (χ0n) is 11.0. The summed E-state index contributed by atoms with van der Waals surface area (Å²) in [5.74, 6) is 0. The van der Waals surface area contributed by atoms with Crippen molar-refractivity contribution in [3.63, 3.8) is 0 Å². The van der Waals surface area contributed by atoms with Crippen molar-refractivity contribution in [3.8, 4) is 0 Å². The van der Waals surface area contributed by atoms with E-state index in [1.807, 2.05) is 6.92 Å². The molecule has 0 bridgehead atoms. The molecule has 5 nitrogen and oxygen atoms in total. The number of nitrogen functional groups attached to an aromatic ring is 1. The van der Waals surface area contributed by atoms with Crippen molar-refractivity contribution >= 4 is 33.0 Å². The van der Waals surface area contributed by atoms with Gasteiger partial charge < -0.3 is 5.73 Å². The molecule has 0 saturated heterocycles. The summed E-state index contributed by atoms with van der Waals surface area (Å²) in [4.78, 5) is 3.95. The fourth-order valence-corrected chi connectivity index (χ4v) is 3.39. The number of rotatable bonds is 3. The van der Waals surface area contributed by atoms with Crippen LogP contribution in [-0.4, -0.2) is 13.4 Å². The van der Waals surface area contributed by atoms with Gasteiger partial charge in [0, 0.05) is 11.9 Å². The maximum absolute atomic E-state index is 12.4. The highest BCUT2D eigenvalue weighted by Crippen LogP contribution is 2.25. The molecule has 0 saturated carbocycles. The third-order valence-electron chi connectivity index (χ3n) is 2.91. The fourth-order valence-electron chi connectivity index (χ4n) is 1.81. The molecule has 7 heteroatoms. The van der Waals surface area contributed by atoms with Crippen LogP contribution in [0.3, 0.4) is 0 Å². The molecule has 0 amide bonds. The zero-order valence-corrected chi connectivity index (χ0v) is 12.6. The van der Waals surface area contributed by atoms with Gasteiger partial charge in [-0.15, -0.1) is 0 Å². The van der Waals surface area contributed by atoms with Crippen LogP contribution >= 0.6 is 11.6 Å². The van der Waals surface area contributed by atoms with E-state index in [4.69, 9.17) is 17.3 Å². The topological polar surface area (TPSA) is 85.1 Å². The Balaban J connectivity index is 2.46. The predicted molar refractivity (Wildman–Crippen MR) is 80.4 cm³/mol. The monoisotopic (exact) mass is 311 g/mol. The number of nitrogens with zero attached hydrogens (tertiary/aromatic N) is 1. The van der Waals surface area contributed by atoms with E-state index in [1.54, 1.807) is 13.0 Å². The Morgan fingerprint density at radius 1 is 1.25 bits per heavy atom. The number of pyridine rings is 1. The van der Waals surface area contributed by atoms with E-state index in [0.717, 1.165) is 5.56 Å². The molecule has 3 N–H and O–H groups in total. The van der Waals surface area contributed by atoms with Crippen molar-refractivity contribution < 1.29 is 8.42 Å². The highest BCUT2D eigenvalue weighted by atomic mass is 35.5. The molecule has 20 heavy (non-hydrogen) atoms. The highest BCUT2D eigenvalue weighted by Gasteiger charge is 2.19. The molecule has 0 unspecified atom stereocenters. The highest BCUT2D eigenvalue weighted by molar-refractivity contribution is 7.92. The van der Waals surface area contributed by atoms with E-state index in [2.05, 4.69) is 9.71 Å². The standard InChI is InChI=1S/C13H14ClN3O2S/c1-8-5-10(15)6-12(9(8)2)20(18,19)17-11-3-4-16-13(14)7-11/h3-7H,15H2,1-2H3,(H,16,17). The number of sulfonamides is 1. The Bertz CT molecular complexity index is 760. The summed E-state index contributed by atoms with van der Waals surface area (Å²) in [5, 5.41) is 0.214. The number of aryl methyl sites for hydroxylation is 1. The average molecular weight is 312 g/mol. The second-order valence-electron chi connectivity index (χ2n) is 4.43. The Labute approximate surface area is 122 Å². The van der Waals surface area contributed by atoms with Gasteiger partial charge in [0.15, 0.2) is 0 Å². The molecule has 0 atom stereocenters. The molecule has 0 aliphatic carbocycles. The molecule has 0 radical (unpaired) electrons. The minimum atomic E-state index is -3.72. The van der Waals surface area contributed by atoms with Crippen LogP contribution in [-0.2, 0) is 10.0 Å². The summed E-state index contributed by atoms with van der Waals surface area (Å²) in [6.45, 7) is 3.55. The Morgan fingerprint density at radius 2 is 1.95 bits per heavy atom. The SMILES string of the molecule is Cc1cc(N)cc(S(=O)(=O)Nc2ccnc(Cl)c2)c1C.